The Balaban J connectivity index is 1.10. The number of allylic oxidation sites excluding steroid dienone is 1. The molecule has 2 bridgehead atoms. The average molecular weight is 782 g/mol. The number of carbonyl (C=O) groups is 4. The number of carbonyl (C=O) groups excluding carboxylic acids is 4. The van der Waals surface area contributed by atoms with Crippen LogP contribution >= 0.6 is 0 Å². The maximum absolute atomic E-state index is 13.7. The summed E-state index contributed by atoms with van der Waals surface area (Å²) in [5.41, 5.74) is 1.87. The number of ketones is 1. The molecular weight excluding hydrogens is 727 g/mol. The zero-order valence-electron chi connectivity index (χ0n) is 33.0. The lowest BCUT2D eigenvalue weighted by atomic mass is 9.83. The molecule has 0 saturated carbocycles. The number of amides is 2. The molecule has 12 heteroatoms. The van der Waals surface area contributed by atoms with Crippen LogP contribution in [0.15, 0.2) is 59.4 Å². The van der Waals surface area contributed by atoms with Gasteiger partial charge in [-0.05, 0) is 93.2 Å². The number of pyridine rings is 1. The number of methoxy groups -OCH3 is 1. The Labute approximate surface area is 333 Å². The zero-order valence-corrected chi connectivity index (χ0v) is 33.0. The van der Waals surface area contributed by atoms with Crippen LogP contribution < -0.4 is 15.6 Å². The molecule has 0 aliphatic carbocycles. The van der Waals surface area contributed by atoms with Crippen molar-refractivity contribution in [3.63, 3.8) is 0 Å². The van der Waals surface area contributed by atoms with E-state index in [0.717, 1.165) is 18.5 Å². The third-order valence-electron chi connectivity index (χ3n) is 11.5. The van der Waals surface area contributed by atoms with Gasteiger partial charge < -0.3 is 34.5 Å². The molecule has 12 nitrogen and oxygen atoms in total. The first-order chi connectivity index (χ1) is 27.5. The van der Waals surface area contributed by atoms with Crippen LogP contribution in [0.25, 0.3) is 6.08 Å². The number of hydrogen-bond acceptors (Lipinski definition) is 9. The molecule has 2 amide bonds. The van der Waals surface area contributed by atoms with Crippen molar-refractivity contribution in [3.8, 4) is 17.2 Å². The van der Waals surface area contributed by atoms with Gasteiger partial charge in [-0.3, -0.25) is 19.2 Å². The molecule has 3 aliphatic rings. The second-order valence-corrected chi connectivity index (χ2v) is 15.8. The van der Waals surface area contributed by atoms with E-state index in [1.807, 2.05) is 15.5 Å². The molecule has 304 valence electrons. The van der Waals surface area contributed by atoms with Crippen molar-refractivity contribution in [2.24, 2.45) is 5.92 Å². The van der Waals surface area contributed by atoms with Crippen molar-refractivity contribution >= 4 is 29.6 Å². The number of piperidine rings is 1. The van der Waals surface area contributed by atoms with Crippen molar-refractivity contribution in [1.29, 1.82) is 0 Å². The topological polar surface area (TPSA) is 164 Å². The van der Waals surface area contributed by atoms with Crippen LogP contribution in [0.3, 0.4) is 0 Å². The van der Waals surface area contributed by atoms with Crippen molar-refractivity contribution in [2.75, 3.05) is 26.7 Å². The van der Waals surface area contributed by atoms with Gasteiger partial charge in [-0.25, -0.2) is 4.79 Å². The van der Waals surface area contributed by atoms with E-state index < -0.39 is 23.7 Å². The first kappa shape index (κ1) is 41.2. The number of nitrogens with zero attached hydrogens (tertiary/aromatic N) is 2. The van der Waals surface area contributed by atoms with Crippen LogP contribution in [0.4, 0.5) is 0 Å². The van der Waals surface area contributed by atoms with Crippen LogP contribution in [0, 0.1) is 5.92 Å². The average Bonchev–Trinajstić information content (AvgIpc) is 3.18. The summed E-state index contributed by atoms with van der Waals surface area (Å²) in [7, 11) is 1.54. The third-order valence-corrected chi connectivity index (χ3v) is 11.5. The predicted octanol–water partition coefficient (Wildman–Crippen LogP) is 6.59. The molecule has 0 radical (unpaired) electrons. The van der Waals surface area contributed by atoms with Gasteiger partial charge in [0.05, 0.1) is 13.2 Å². The molecule has 3 aromatic rings. The molecule has 3 aliphatic heterocycles. The maximum Gasteiger partial charge on any atom is 0.342 e. The Kier molecular flexibility index (Phi) is 13.9. The minimum atomic E-state index is -0.832. The Morgan fingerprint density at radius 1 is 0.982 bits per heavy atom. The van der Waals surface area contributed by atoms with Gasteiger partial charge in [-0.1, -0.05) is 36.8 Å². The van der Waals surface area contributed by atoms with Gasteiger partial charge in [0.2, 0.25) is 11.8 Å². The zero-order chi connectivity index (χ0) is 40.5. The highest BCUT2D eigenvalue weighted by atomic mass is 16.5. The summed E-state index contributed by atoms with van der Waals surface area (Å²) < 4.78 is 12.9. The van der Waals surface area contributed by atoms with Crippen LogP contribution in [0.2, 0.25) is 0 Å². The number of nitrogens with one attached hydrogen (secondary N) is 1. The monoisotopic (exact) mass is 781 g/mol. The molecular formula is C45H55N3O9. The third kappa shape index (κ3) is 10.3. The summed E-state index contributed by atoms with van der Waals surface area (Å²) in [6, 6.07) is 13.8. The van der Waals surface area contributed by atoms with E-state index >= 15 is 0 Å². The number of rotatable bonds is 11. The fraction of sp³-hybridized carbons (Fsp3) is 0.489. The summed E-state index contributed by atoms with van der Waals surface area (Å²) in [4.78, 5) is 66.9. The van der Waals surface area contributed by atoms with E-state index in [1.54, 1.807) is 62.6 Å². The number of Topliss-reactive ketones (excluding diaryl/α,β-unsaturated/α-hetero) is 1. The minimum absolute atomic E-state index is 0.0218. The maximum atomic E-state index is 13.7. The Morgan fingerprint density at radius 3 is 2.56 bits per heavy atom. The number of cyclic esters (lactones) is 1. The lowest BCUT2D eigenvalue weighted by Gasteiger charge is -2.42. The van der Waals surface area contributed by atoms with Crippen LogP contribution in [-0.2, 0) is 25.7 Å². The summed E-state index contributed by atoms with van der Waals surface area (Å²) in [6.07, 6.45) is 9.44. The number of unbranched alkanes of at least 4 members (excludes halogenated alkanes) is 2. The number of hydrogen-bond donors (Lipinski definition) is 3. The van der Waals surface area contributed by atoms with Crippen LogP contribution in [0.1, 0.15) is 129 Å². The van der Waals surface area contributed by atoms with Crippen molar-refractivity contribution in [1.82, 2.24) is 14.8 Å². The molecule has 6 rings (SSSR count). The fourth-order valence-electron chi connectivity index (χ4n) is 8.56. The van der Waals surface area contributed by atoms with Gasteiger partial charge >= 0.3 is 5.97 Å². The predicted molar refractivity (Wildman–Crippen MR) is 215 cm³/mol. The number of aromatic hydroxyl groups is 2. The Hall–Kier alpha value is -5.39. The van der Waals surface area contributed by atoms with E-state index in [0.29, 0.717) is 95.3 Å². The van der Waals surface area contributed by atoms with Crippen molar-refractivity contribution in [3.05, 3.63) is 92.9 Å². The van der Waals surface area contributed by atoms with Gasteiger partial charge in [0.1, 0.15) is 28.6 Å². The number of phenols is 2. The standard InChI is InChI=1S/C45H55N3O9/c1-29-11-9-14-34(49)13-6-3-5-12-32-24-38(50)43(44(54)42(32)45(55)57-29)36(31-18-20-35(56-2)21-19-31)25-39(51)46-22-8-4-7-16-40(52)47-26-30-23-33(28-47)37-15-10-17-41(53)48(37)27-30/h5,10,12,15,17-21,24,29-30,33,36,50,54H,3-4,6-9,11,13-14,16,22-23,25-28H2,1-2H3,(H,46,51). The summed E-state index contributed by atoms with van der Waals surface area (Å²) in [5.74, 6) is -1.30. The SMILES string of the molecule is COc1ccc(C(CC(=O)NCCCCCC(=O)N2CC3CC(C2)c2cccc(=O)n2C3)c2c(O)cc3c(c2O)C(=O)OC(C)CCCC(=O)CCCC=C3)cc1. The number of benzene rings is 2. The Morgan fingerprint density at radius 2 is 1.77 bits per heavy atom. The molecule has 4 heterocycles. The van der Waals surface area contributed by atoms with Gasteiger partial charge in [0.25, 0.3) is 5.56 Å². The second kappa shape index (κ2) is 19.2. The molecule has 1 fully saturated rings. The van der Waals surface area contributed by atoms with Gasteiger partial charge in [0, 0.05) is 81.0 Å². The fourth-order valence-corrected chi connectivity index (χ4v) is 8.56. The number of likely N-dealkylation sites (tertiary alicyclic amines) is 1. The lowest BCUT2D eigenvalue weighted by molar-refractivity contribution is -0.134. The number of phenolic OH excluding ortho intramolecular Hbond substituents is 2. The van der Waals surface area contributed by atoms with E-state index in [4.69, 9.17) is 9.47 Å². The van der Waals surface area contributed by atoms with Gasteiger partial charge in [-0.15, -0.1) is 0 Å². The molecule has 4 unspecified atom stereocenters. The molecule has 1 saturated heterocycles. The first-order valence-corrected chi connectivity index (χ1v) is 20.4. The Bertz CT molecular complexity index is 2020. The minimum Gasteiger partial charge on any atom is -0.507 e. The summed E-state index contributed by atoms with van der Waals surface area (Å²) in [6.45, 7) is 4.06. The number of esters is 1. The van der Waals surface area contributed by atoms with E-state index in [1.165, 1.54) is 6.07 Å². The number of fused-ring (bicyclic) bond motifs is 5. The summed E-state index contributed by atoms with van der Waals surface area (Å²) >= 11 is 0. The highest BCUT2D eigenvalue weighted by molar-refractivity contribution is 5.98. The smallest absolute Gasteiger partial charge is 0.342 e. The molecule has 0 spiro atoms. The number of ether oxygens (including phenoxy) is 2. The molecule has 3 N–H and O–H groups in total. The molecule has 1 aromatic heterocycles. The van der Waals surface area contributed by atoms with Gasteiger partial charge in [-0.2, -0.15) is 0 Å². The molecule has 57 heavy (non-hydrogen) atoms. The van der Waals surface area contributed by atoms with Crippen molar-refractivity contribution in [2.45, 2.75) is 108 Å². The van der Waals surface area contributed by atoms with E-state index in [2.05, 4.69) is 5.32 Å². The normalized spacial score (nSPS) is 20.4. The van der Waals surface area contributed by atoms with Gasteiger partial charge in [0.15, 0.2) is 0 Å². The second-order valence-electron chi connectivity index (χ2n) is 15.8. The first-order valence-electron chi connectivity index (χ1n) is 20.4. The molecule has 4 atom stereocenters. The van der Waals surface area contributed by atoms with Crippen LogP contribution in [0.5, 0.6) is 17.2 Å². The molecule has 2 aromatic carbocycles. The lowest BCUT2D eigenvalue weighted by Crippen LogP contribution is -2.49. The van der Waals surface area contributed by atoms with Crippen LogP contribution in [-0.4, -0.2) is 76.1 Å². The van der Waals surface area contributed by atoms with Crippen molar-refractivity contribution < 1.29 is 38.9 Å². The van der Waals surface area contributed by atoms with E-state index in [9.17, 15) is 34.2 Å². The highest BCUT2D eigenvalue weighted by Gasteiger charge is 2.36. The quantitative estimate of drug-likeness (QED) is 0.144. The number of aromatic nitrogens is 1. The highest BCUT2D eigenvalue weighted by Crippen LogP contribution is 2.44. The van der Waals surface area contributed by atoms with E-state index in [-0.39, 0.29) is 63.9 Å². The largest absolute Gasteiger partial charge is 0.507 e. The summed E-state index contributed by atoms with van der Waals surface area (Å²) in [5, 5.41) is 26.3.